The maximum absolute atomic E-state index is 9.25. The minimum atomic E-state index is -0.866. The first-order chi connectivity index (χ1) is 17.0. The van der Waals surface area contributed by atoms with Crippen molar-refractivity contribution >= 4 is 11.0 Å². The van der Waals surface area contributed by atoms with Gasteiger partial charge >= 0.3 is 0 Å². The van der Waals surface area contributed by atoms with Crippen molar-refractivity contribution < 1.29 is 7.31 Å². The van der Waals surface area contributed by atoms with Gasteiger partial charge in [0.1, 0.15) is 5.69 Å². The zero-order chi connectivity index (χ0) is 27.5. The van der Waals surface area contributed by atoms with E-state index >= 15 is 0 Å². The van der Waals surface area contributed by atoms with E-state index in [-0.39, 0.29) is 11.3 Å². The van der Waals surface area contributed by atoms with Crippen LogP contribution in [0.1, 0.15) is 105 Å². The number of rotatable bonds is 5. The molecule has 0 amide bonds. The van der Waals surface area contributed by atoms with Crippen LogP contribution in [0.5, 0.6) is 0 Å². The number of imidazole rings is 1. The molecular weight excluding hydrogens is 424 g/mol. The summed E-state index contributed by atoms with van der Waals surface area (Å²) in [6, 6.07) is 21.6. The lowest BCUT2D eigenvalue weighted by Gasteiger charge is -2.22. The molecule has 0 saturated heterocycles. The topological polar surface area (TPSA) is 8.81 Å². The van der Waals surface area contributed by atoms with Gasteiger partial charge in [0.05, 0.1) is 13.0 Å². The Morgan fingerprint density at radius 1 is 0.771 bits per heavy atom. The summed E-state index contributed by atoms with van der Waals surface area (Å²) in [5.74, 6) is -0.311. The Morgan fingerprint density at radius 2 is 1.31 bits per heavy atom. The molecule has 0 unspecified atom stereocenters. The van der Waals surface area contributed by atoms with Crippen molar-refractivity contribution in [3.05, 3.63) is 83.2 Å². The molecule has 0 spiro atoms. The quantitative estimate of drug-likeness (QED) is 0.258. The lowest BCUT2D eigenvalue weighted by molar-refractivity contribution is -0.654. The Bertz CT molecular complexity index is 1400. The molecule has 35 heavy (non-hydrogen) atoms. The number of aryl methyl sites for hydroxylation is 1. The molecule has 0 atom stereocenters. The molecule has 0 N–H and O–H groups in total. The van der Waals surface area contributed by atoms with Crippen LogP contribution < -0.4 is 4.57 Å². The Morgan fingerprint density at radius 3 is 1.80 bits per heavy atom. The highest BCUT2D eigenvalue weighted by molar-refractivity contribution is 5.78. The van der Waals surface area contributed by atoms with E-state index in [0.29, 0.717) is 0 Å². The second kappa shape index (κ2) is 9.30. The molecule has 184 valence electrons. The minimum Gasteiger partial charge on any atom is -0.229 e. The summed E-state index contributed by atoms with van der Waals surface area (Å²) in [6.45, 7) is 18.9. The standard InChI is InChI=1S/C33H43N2/c1-21(2)27-19-25(24-15-17-26(18-16-24)33(7,8)9)20-28(22(3)4)31(27)35-30-14-12-11-13-29(30)34(10)32(35)23(5)6/h11-23H,1-10H3/q+1/i21D,22D. The van der Waals surface area contributed by atoms with Crippen molar-refractivity contribution in [1.82, 2.24) is 4.57 Å². The van der Waals surface area contributed by atoms with Gasteiger partial charge in [0, 0.05) is 13.9 Å². The van der Waals surface area contributed by atoms with Gasteiger partial charge in [0.2, 0.25) is 0 Å². The normalized spacial score (nSPS) is 13.9. The summed E-state index contributed by atoms with van der Waals surface area (Å²) in [5.41, 5.74) is 8.64. The maximum Gasteiger partial charge on any atom is 0.265 e. The van der Waals surface area contributed by atoms with Crippen molar-refractivity contribution in [1.29, 1.82) is 0 Å². The largest absolute Gasteiger partial charge is 0.265 e. The van der Waals surface area contributed by atoms with E-state index in [9.17, 15) is 2.74 Å². The fourth-order valence-corrected chi connectivity index (χ4v) is 5.18. The molecule has 1 aromatic heterocycles. The van der Waals surface area contributed by atoms with Crippen LogP contribution in [0, 0.1) is 0 Å². The zero-order valence-corrected chi connectivity index (χ0v) is 23.2. The molecule has 2 nitrogen and oxygen atoms in total. The van der Waals surface area contributed by atoms with Crippen molar-refractivity contribution in [3.63, 3.8) is 0 Å². The molecule has 2 heteroatoms. The van der Waals surface area contributed by atoms with Crippen LogP contribution in [0.4, 0.5) is 0 Å². The fraction of sp³-hybridized carbons (Fsp3) is 0.424. The van der Waals surface area contributed by atoms with Crippen LogP contribution in [0.2, 0.25) is 0 Å². The van der Waals surface area contributed by atoms with Crippen molar-refractivity contribution in [3.8, 4) is 16.8 Å². The number of fused-ring (bicyclic) bond motifs is 1. The molecule has 3 aromatic carbocycles. The molecule has 0 saturated carbocycles. The summed E-state index contributed by atoms with van der Waals surface area (Å²) < 4.78 is 23.1. The lowest BCUT2D eigenvalue weighted by Crippen LogP contribution is -2.34. The Labute approximate surface area is 215 Å². The van der Waals surface area contributed by atoms with Crippen LogP contribution in [0.25, 0.3) is 27.8 Å². The number of hydrogen-bond donors (Lipinski definition) is 0. The van der Waals surface area contributed by atoms with E-state index in [1.54, 1.807) is 0 Å². The van der Waals surface area contributed by atoms with Crippen LogP contribution in [-0.4, -0.2) is 4.57 Å². The molecule has 0 fully saturated rings. The molecule has 4 aromatic rings. The van der Waals surface area contributed by atoms with Gasteiger partial charge in [-0.05, 0) is 58.2 Å². The maximum atomic E-state index is 9.25. The van der Waals surface area contributed by atoms with Crippen LogP contribution in [0.15, 0.2) is 60.7 Å². The summed E-state index contributed by atoms with van der Waals surface area (Å²) in [7, 11) is 2.12. The van der Waals surface area contributed by atoms with Crippen molar-refractivity contribution in [2.24, 2.45) is 7.05 Å². The summed E-state index contributed by atoms with van der Waals surface area (Å²) in [5, 5.41) is 0. The molecule has 0 aliphatic carbocycles. The third-order valence-electron chi connectivity index (χ3n) is 7.07. The van der Waals surface area contributed by atoms with Crippen molar-refractivity contribution in [2.75, 3.05) is 0 Å². The predicted octanol–water partition coefficient (Wildman–Crippen LogP) is 8.79. The Hall–Kier alpha value is -2.87. The molecule has 4 rings (SSSR count). The van der Waals surface area contributed by atoms with Gasteiger partial charge in [-0.3, -0.25) is 0 Å². The number of hydrogen-bond acceptors (Lipinski definition) is 0. The van der Waals surface area contributed by atoms with Crippen molar-refractivity contribution in [2.45, 2.75) is 85.4 Å². The first-order valence-electron chi connectivity index (χ1n) is 13.8. The summed E-state index contributed by atoms with van der Waals surface area (Å²) >= 11 is 0. The monoisotopic (exact) mass is 469 g/mol. The first-order valence-corrected chi connectivity index (χ1v) is 12.8. The number of nitrogens with zero attached hydrogens (tertiary/aromatic N) is 2. The molecule has 0 aliphatic rings. The second-order valence-corrected chi connectivity index (χ2v) is 11.6. The summed E-state index contributed by atoms with van der Waals surface area (Å²) in [4.78, 5) is 0. The average Bonchev–Trinajstić information content (AvgIpc) is 3.09. The molecule has 1 heterocycles. The summed E-state index contributed by atoms with van der Waals surface area (Å²) in [6.07, 6.45) is 0. The third kappa shape index (κ3) is 4.56. The molecule has 0 radical (unpaired) electrons. The number of aromatic nitrogens is 2. The van der Waals surface area contributed by atoms with Gasteiger partial charge in [-0.2, -0.15) is 4.57 Å². The number of para-hydroxylation sites is 2. The minimum absolute atomic E-state index is 0.0866. The van der Waals surface area contributed by atoms with Crippen LogP contribution in [0.3, 0.4) is 0 Å². The van der Waals surface area contributed by atoms with E-state index in [4.69, 9.17) is 0 Å². The van der Waals surface area contributed by atoms with E-state index in [1.165, 1.54) is 11.4 Å². The van der Waals surface area contributed by atoms with Gasteiger partial charge < -0.3 is 0 Å². The average molecular weight is 470 g/mol. The first kappa shape index (κ1) is 22.6. The SMILES string of the molecule is [2H]C(C)(C)c1cc(-c2ccc(C(C)(C)C)cc2)cc(C([2H])(C)C)c1-n1c(C(C)C)[n+](C)c2ccccc21. The third-order valence-corrected chi connectivity index (χ3v) is 7.07. The Kier molecular flexibility index (Phi) is 6.00. The lowest BCUT2D eigenvalue weighted by atomic mass is 9.85. The van der Waals surface area contributed by atoms with Gasteiger partial charge in [-0.25, -0.2) is 4.57 Å². The Balaban J connectivity index is 2.13. The van der Waals surface area contributed by atoms with E-state index in [2.05, 4.69) is 111 Å². The van der Waals surface area contributed by atoms with Gasteiger partial charge in [-0.1, -0.05) is 98.7 Å². The van der Waals surface area contributed by atoms with Crippen LogP contribution in [-0.2, 0) is 12.5 Å². The van der Waals surface area contributed by atoms with Gasteiger partial charge in [0.15, 0.2) is 11.0 Å². The fourth-order valence-electron chi connectivity index (χ4n) is 5.18. The molecular formula is C33H43N2+. The highest BCUT2D eigenvalue weighted by Gasteiger charge is 2.31. The predicted molar refractivity (Wildman–Crippen MR) is 151 cm³/mol. The molecule has 0 bridgehead atoms. The highest BCUT2D eigenvalue weighted by atomic mass is 15.2. The van der Waals surface area contributed by atoms with Crippen LogP contribution >= 0.6 is 0 Å². The van der Waals surface area contributed by atoms with E-state index in [1.807, 2.05) is 27.7 Å². The van der Waals surface area contributed by atoms with E-state index < -0.39 is 11.8 Å². The van der Waals surface area contributed by atoms with E-state index in [0.717, 1.165) is 39.0 Å². The molecule has 0 aliphatic heterocycles. The number of benzene rings is 3. The van der Waals surface area contributed by atoms with Gasteiger partial charge in [0.25, 0.3) is 5.82 Å². The zero-order valence-electron chi connectivity index (χ0n) is 25.2. The highest BCUT2D eigenvalue weighted by Crippen LogP contribution is 2.39. The second-order valence-electron chi connectivity index (χ2n) is 11.6. The van der Waals surface area contributed by atoms with Gasteiger partial charge in [-0.15, -0.1) is 0 Å². The smallest absolute Gasteiger partial charge is 0.229 e.